The molecule has 2 unspecified atom stereocenters. The Hall–Kier alpha value is -0.850. The molecular weight excluding hydrogens is 351 g/mol. The average Bonchev–Trinajstić information content (AvgIpc) is 3.06. The topological polar surface area (TPSA) is 49.3 Å². The van der Waals surface area contributed by atoms with Crippen LogP contribution in [0.15, 0.2) is 29.5 Å². The number of guanidine groups is 1. The van der Waals surface area contributed by atoms with Crippen LogP contribution in [-0.4, -0.2) is 30.1 Å². The molecule has 106 valence electrons. The normalized spacial score (nSPS) is 21.5. The van der Waals surface area contributed by atoms with E-state index in [1.165, 1.54) is 12.0 Å². The van der Waals surface area contributed by atoms with Gasteiger partial charge in [0.1, 0.15) is 0 Å². The first-order valence-electron chi connectivity index (χ1n) is 6.73. The molecule has 0 aromatic carbocycles. The number of halogens is 1. The van der Waals surface area contributed by atoms with Gasteiger partial charge in [-0.05, 0) is 37.3 Å². The molecule has 2 rings (SSSR count). The Morgan fingerprint density at radius 1 is 1.53 bits per heavy atom. The largest absolute Gasteiger partial charge is 0.357 e. The zero-order valence-electron chi connectivity index (χ0n) is 11.6. The first-order chi connectivity index (χ1) is 8.79. The summed E-state index contributed by atoms with van der Waals surface area (Å²) in [5.41, 5.74) is 1.23. The van der Waals surface area contributed by atoms with Gasteiger partial charge in [0.15, 0.2) is 5.96 Å². The third-order valence-corrected chi connectivity index (χ3v) is 3.17. The molecule has 0 radical (unpaired) electrons. The predicted octanol–water partition coefficient (Wildman–Crippen LogP) is 2.21. The lowest BCUT2D eigenvalue weighted by Crippen LogP contribution is -2.39. The Kier molecular flexibility index (Phi) is 7.12. The maximum Gasteiger partial charge on any atom is 0.191 e. The molecule has 4 nitrogen and oxygen atoms in total. The van der Waals surface area contributed by atoms with Crippen molar-refractivity contribution in [2.75, 3.05) is 13.1 Å². The minimum atomic E-state index is 0. The number of aliphatic imine (C=N–C) groups is 1. The molecule has 0 saturated heterocycles. The van der Waals surface area contributed by atoms with Crippen LogP contribution in [0.5, 0.6) is 0 Å². The number of pyridine rings is 1. The number of nitrogens with one attached hydrogen (secondary N) is 2. The van der Waals surface area contributed by atoms with Crippen LogP contribution in [-0.2, 0) is 6.42 Å². The lowest BCUT2D eigenvalue weighted by Gasteiger charge is -2.10. The summed E-state index contributed by atoms with van der Waals surface area (Å²) in [6, 6.07) is 4.67. The highest BCUT2D eigenvalue weighted by molar-refractivity contribution is 14.0. The summed E-state index contributed by atoms with van der Waals surface area (Å²) in [7, 11) is 0. The minimum Gasteiger partial charge on any atom is -0.357 e. The smallest absolute Gasteiger partial charge is 0.191 e. The molecule has 1 saturated carbocycles. The molecule has 5 heteroatoms. The Labute approximate surface area is 132 Å². The third-order valence-electron chi connectivity index (χ3n) is 3.17. The summed E-state index contributed by atoms with van der Waals surface area (Å²) in [5.74, 6) is 1.72. The van der Waals surface area contributed by atoms with Crippen LogP contribution in [0.1, 0.15) is 25.8 Å². The fraction of sp³-hybridized carbons (Fsp3) is 0.571. The minimum absolute atomic E-state index is 0. The summed E-state index contributed by atoms with van der Waals surface area (Å²) in [4.78, 5) is 8.70. The van der Waals surface area contributed by atoms with Gasteiger partial charge >= 0.3 is 0 Å². The van der Waals surface area contributed by atoms with Gasteiger partial charge in [-0.3, -0.25) is 9.98 Å². The van der Waals surface area contributed by atoms with Crippen molar-refractivity contribution in [2.24, 2.45) is 10.9 Å². The zero-order chi connectivity index (χ0) is 12.8. The van der Waals surface area contributed by atoms with E-state index in [0.29, 0.717) is 6.04 Å². The van der Waals surface area contributed by atoms with E-state index in [2.05, 4.69) is 40.5 Å². The Bertz CT molecular complexity index is 394. The highest BCUT2D eigenvalue weighted by atomic mass is 127. The number of hydrogen-bond donors (Lipinski definition) is 2. The standard InChI is InChI=1S/C14H22N4.HI/c1-3-16-14(18-13-9-11(13)2)17-8-6-12-5-4-7-15-10-12;/h4-5,7,10-11,13H,3,6,8-9H2,1-2H3,(H2,16,17,18);1H. The summed E-state index contributed by atoms with van der Waals surface area (Å²) in [6.07, 6.45) is 5.89. The molecule has 1 aromatic heterocycles. The van der Waals surface area contributed by atoms with Gasteiger partial charge in [-0.1, -0.05) is 13.0 Å². The van der Waals surface area contributed by atoms with Crippen LogP contribution in [0.25, 0.3) is 0 Å². The van der Waals surface area contributed by atoms with E-state index >= 15 is 0 Å². The van der Waals surface area contributed by atoms with Gasteiger partial charge in [0.05, 0.1) is 0 Å². The highest BCUT2D eigenvalue weighted by Crippen LogP contribution is 2.28. The van der Waals surface area contributed by atoms with Gasteiger partial charge in [0.2, 0.25) is 0 Å². The van der Waals surface area contributed by atoms with E-state index in [1.807, 2.05) is 12.3 Å². The van der Waals surface area contributed by atoms with E-state index in [1.54, 1.807) is 6.20 Å². The van der Waals surface area contributed by atoms with Gasteiger partial charge in [-0.25, -0.2) is 0 Å². The quantitative estimate of drug-likeness (QED) is 0.472. The monoisotopic (exact) mass is 374 g/mol. The average molecular weight is 374 g/mol. The zero-order valence-corrected chi connectivity index (χ0v) is 13.9. The Morgan fingerprint density at radius 2 is 2.32 bits per heavy atom. The van der Waals surface area contributed by atoms with Gasteiger partial charge in [-0.2, -0.15) is 0 Å². The van der Waals surface area contributed by atoms with E-state index in [-0.39, 0.29) is 24.0 Å². The molecular formula is C14H23IN4. The maximum atomic E-state index is 4.59. The molecule has 2 atom stereocenters. The molecule has 0 aliphatic heterocycles. The first kappa shape index (κ1) is 16.2. The molecule has 1 aromatic rings. The fourth-order valence-electron chi connectivity index (χ4n) is 1.86. The van der Waals surface area contributed by atoms with Crippen LogP contribution in [0.2, 0.25) is 0 Å². The van der Waals surface area contributed by atoms with Crippen molar-refractivity contribution in [1.29, 1.82) is 0 Å². The van der Waals surface area contributed by atoms with Crippen molar-refractivity contribution in [3.8, 4) is 0 Å². The first-order valence-corrected chi connectivity index (χ1v) is 6.73. The lowest BCUT2D eigenvalue weighted by molar-refractivity contribution is 0.765. The van der Waals surface area contributed by atoms with E-state index in [0.717, 1.165) is 31.4 Å². The second kappa shape index (κ2) is 8.35. The van der Waals surface area contributed by atoms with E-state index in [9.17, 15) is 0 Å². The van der Waals surface area contributed by atoms with E-state index in [4.69, 9.17) is 0 Å². The van der Waals surface area contributed by atoms with Gasteiger partial charge in [0.25, 0.3) is 0 Å². The molecule has 0 amide bonds. The summed E-state index contributed by atoms with van der Waals surface area (Å²) < 4.78 is 0. The highest BCUT2D eigenvalue weighted by Gasteiger charge is 2.33. The molecule has 2 N–H and O–H groups in total. The SMILES string of the molecule is CCNC(=NCCc1cccnc1)NC1CC1C.I. The van der Waals surface area contributed by atoms with E-state index < -0.39 is 0 Å². The fourth-order valence-corrected chi connectivity index (χ4v) is 1.86. The second-order valence-electron chi connectivity index (χ2n) is 4.84. The van der Waals surface area contributed by atoms with Crippen molar-refractivity contribution in [1.82, 2.24) is 15.6 Å². The Morgan fingerprint density at radius 3 is 2.89 bits per heavy atom. The van der Waals surface area contributed by atoms with Crippen molar-refractivity contribution in [3.63, 3.8) is 0 Å². The van der Waals surface area contributed by atoms with Gasteiger partial charge < -0.3 is 10.6 Å². The summed E-state index contributed by atoms with van der Waals surface area (Å²) >= 11 is 0. The van der Waals surface area contributed by atoms with Crippen molar-refractivity contribution in [3.05, 3.63) is 30.1 Å². The molecule has 0 bridgehead atoms. The number of rotatable bonds is 5. The van der Waals surface area contributed by atoms with Crippen LogP contribution >= 0.6 is 24.0 Å². The molecule has 1 heterocycles. The van der Waals surface area contributed by atoms with Gasteiger partial charge in [-0.15, -0.1) is 24.0 Å². The van der Waals surface area contributed by atoms with Crippen molar-refractivity contribution < 1.29 is 0 Å². The molecule has 1 aliphatic carbocycles. The van der Waals surface area contributed by atoms with Crippen LogP contribution in [0.3, 0.4) is 0 Å². The number of nitrogens with zero attached hydrogens (tertiary/aromatic N) is 2. The van der Waals surface area contributed by atoms with Crippen LogP contribution in [0.4, 0.5) is 0 Å². The van der Waals surface area contributed by atoms with Crippen molar-refractivity contribution in [2.45, 2.75) is 32.7 Å². The maximum absolute atomic E-state index is 4.59. The molecule has 1 aliphatic rings. The second-order valence-corrected chi connectivity index (χ2v) is 4.84. The number of hydrogen-bond acceptors (Lipinski definition) is 2. The number of aromatic nitrogens is 1. The molecule has 0 spiro atoms. The summed E-state index contributed by atoms with van der Waals surface area (Å²) in [6.45, 7) is 6.05. The molecule has 19 heavy (non-hydrogen) atoms. The summed E-state index contributed by atoms with van der Waals surface area (Å²) in [5, 5.41) is 6.74. The predicted molar refractivity (Wildman–Crippen MR) is 90.0 cm³/mol. The van der Waals surface area contributed by atoms with Crippen LogP contribution < -0.4 is 10.6 Å². The molecule has 1 fully saturated rings. The van der Waals surface area contributed by atoms with Crippen molar-refractivity contribution >= 4 is 29.9 Å². The third kappa shape index (κ3) is 5.76. The Balaban J connectivity index is 0.00000180. The lowest BCUT2D eigenvalue weighted by atomic mass is 10.2. The van der Waals surface area contributed by atoms with Crippen LogP contribution in [0, 0.1) is 5.92 Å². The van der Waals surface area contributed by atoms with Gasteiger partial charge in [0, 0.05) is 31.5 Å².